The van der Waals surface area contributed by atoms with E-state index in [0.29, 0.717) is 6.71 Å². The summed E-state index contributed by atoms with van der Waals surface area (Å²) in [7, 11) is 0. The Morgan fingerprint density at radius 1 is 0.786 bits per heavy atom. The molecule has 3 aromatic carbocycles. The lowest BCUT2D eigenvalue weighted by Crippen LogP contribution is -2.34. The van der Waals surface area contributed by atoms with Crippen LogP contribution in [-0.4, -0.2) is 6.71 Å². The summed E-state index contributed by atoms with van der Waals surface area (Å²) in [5.74, 6) is 0. The molecule has 0 nitrogen and oxygen atoms in total. The number of allylic oxidation sites excluding steroid dienone is 4. The van der Waals surface area contributed by atoms with Gasteiger partial charge in [-0.05, 0) is 26.6 Å². The van der Waals surface area contributed by atoms with Crippen LogP contribution in [0.4, 0.5) is 0 Å². The molecule has 1 heteroatoms. The summed E-state index contributed by atoms with van der Waals surface area (Å²) in [5, 5.41) is 0. The molecule has 142 valence electrons. The molecule has 0 amide bonds. The molecular weight excluding hydrogens is 335 g/mol. The minimum atomic E-state index is 0.421. The quantitative estimate of drug-likeness (QED) is 0.340. The largest absolute Gasteiger partial charge is 0.213 e. The predicted octanol–water partition coefficient (Wildman–Crippen LogP) is 6.62. The highest BCUT2D eigenvalue weighted by Gasteiger charge is 2.19. The van der Waals surface area contributed by atoms with Crippen molar-refractivity contribution in [1.82, 2.24) is 0 Å². The number of hydrogen-bond donors (Lipinski definition) is 0. The highest BCUT2D eigenvalue weighted by Crippen LogP contribution is 2.12. The van der Waals surface area contributed by atoms with E-state index in [4.69, 9.17) is 0 Å². The van der Waals surface area contributed by atoms with E-state index in [-0.39, 0.29) is 0 Å². The Bertz CT molecular complexity index is 833. The SMILES string of the molecule is C/C=C\C(=C/CC)B(Cc1ccccc1)c1ccccc1.Cc1ccccc1. The molecule has 0 saturated carbocycles. The smallest absolute Gasteiger partial charge is 0.0899 e. The molecule has 0 radical (unpaired) electrons. The molecule has 0 heterocycles. The molecule has 3 rings (SSSR count). The second-order valence-corrected chi connectivity index (χ2v) is 6.92. The van der Waals surface area contributed by atoms with Gasteiger partial charge in [0.25, 0.3) is 0 Å². The zero-order chi connectivity index (χ0) is 20.0. The van der Waals surface area contributed by atoms with E-state index in [0.717, 1.165) is 12.7 Å². The van der Waals surface area contributed by atoms with Crippen LogP contribution < -0.4 is 5.46 Å². The lowest BCUT2D eigenvalue weighted by atomic mass is 9.37. The molecule has 0 saturated heterocycles. The summed E-state index contributed by atoms with van der Waals surface area (Å²) < 4.78 is 0. The highest BCUT2D eigenvalue weighted by atomic mass is 14.0. The maximum absolute atomic E-state index is 2.35. The summed E-state index contributed by atoms with van der Waals surface area (Å²) >= 11 is 0. The Hall–Kier alpha value is -2.80. The van der Waals surface area contributed by atoms with Crippen molar-refractivity contribution < 1.29 is 0 Å². The third kappa shape index (κ3) is 7.44. The van der Waals surface area contributed by atoms with Crippen LogP contribution in [0.2, 0.25) is 0 Å². The zero-order valence-corrected chi connectivity index (χ0v) is 17.4. The molecule has 0 aliphatic heterocycles. The molecule has 3 aromatic rings. The summed E-state index contributed by atoms with van der Waals surface area (Å²) in [6.45, 7) is 6.80. The average molecular weight is 366 g/mol. The van der Waals surface area contributed by atoms with Gasteiger partial charge in [-0.25, -0.2) is 0 Å². The van der Waals surface area contributed by atoms with Crippen molar-refractivity contribution in [2.75, 3.05) is 0 Å². The molecule has 0 atom stereocenters. The van der Waals surface area contributed by atoms with Crippen molar-refractivity contribution >= 4 is 12.2 Å². The minimum absolute atomic E-state index is 0.421. The van der Waals surface area contributed by atoms with Gasteiger partial charge in [-0.3, -0.25) is 0 Å². The van der Waals surface area contributed by atoms with E-state index in [2.05, 4.69) is 112 Å². The Morgan fingerprint density at radius 2 is 1.32 bits per heavy atom. The van der Waals surface area contributed by atoms with E-state index in [1.165, 1.54) is 22.1 Å². The summed E-state index contributed by atoms with van der Waals surface area (Å²) in [5.41, 5.74) is 5.51. The van der Waals surface area contributed by atoms with Gasteiger partial charge < -0.3 is 0 Å². The molecule has 0 fully saturated rings. The van der Waals surface area contributed by atoms with Crippen LogP contribution in [0.25, 0.3) is 0 Å². The van der Waals surface area contributed by atoms with Gasteiger partial charge in [0.15, 0.2) is 0 Å². The molecule has 0 unspecified atom stereocenters. The highest BCUT2D eigenvalue weighted by molar-refractivity contribution is 6.80. The van der Waals surface area contributed by atoms with Gasteiger partial charge in [-0.2, -0.15) is 0 Å². The molecule has 0 N–H and O–H groups in total. The Balaban J connectivity index is 0.000000336. The molecule has 0 aliphatic rings. The van der Waals surface area contributed by atoms with Crippen LogP contribution in [0.1, 0.15) is 31.4 Å². The van der Waals surface area contributed by atoms with Gasteiger partial charge >= 0.3 is 0 Å². The van der Waals surface area contributed by atoms with Crippen LogP contribution in [-0.2, 0) is 6.32 Å². The summed E-state index contributed by atoms with van der Waals surface area (Å²) in [6.07, 6.45) is 8.85. The molecule has 0 bridgehead atoms. The second kappa shape index (κ2) is 12.6. The standard InChI is InChI=1S/C20H23B.C7H8/c1-3-11-19(12-4-2)21(20-15-9-6-10-16-20)17-18-13-7-5-8-14-18;1-7-5-3-2-4-6-7/h3,5-16H,4,17H2,1-2H3;2-6H,1H3/b11-3-,19-12+;. The molecule has 28 heavy (non-hydrogen) atoms. The van der Waals surface area contributed by atoms with Gasteiger partial charge in [0.1, 0.15) is 0 Å². The van der Waals surface area contributed by atoms with Gasteiger partial charge in [-0.1, -0.05) is 138 Å². The molecule has 0 spiro atoms. The lowest BCUT2D eigenvalue weighted by Gasteiger charge is -2.16. The first-order valence-electron chi connectivity index (χ1n) is 10.2. The van der Waals surface area contributed by atoms with Gasteiger partial charge in [0, 0.05) is 0 Å². The fourth-order valence-electron chi connectivity index (χ4n) is 3.25. The molecule has 0 aliphatic carbocycles. The first-order valence-corrected chi connectivity index (χ1v) is 10.2. The van der Waals surface area contributed by atoms with E-state index in [1.807, 2.05) is 18.2 Å². The number of benzene rings is 3. The Kier molecular flexibility index (Phi) is 9.65. The van der Waals surface area contributed by atoms with Crippen molar-refractivity contribution in [2.24, 2.45) is 0 Å². The second-order valence-electron chi connectivity index (χ2n) is 6.92. The van der Waals surface area contributed by atoms with Crippen LogP contribution in [0.5, 0.6) is 0 Å². The van der Waals surface area contributed by atoms with Crippen molar-refractivity contribution in [3.05, 3.63) is 126 Å². The van der Waals surface area contributed by atoms with Crippen LogP contribution in [0.15, 0.2) is 115 Å². The minimum Gasteiger partial charge on any atom is -0.0899 e. The van der Waals surface area contributed by atoms with Gasteiger partial charge in [0.2, 0.25) is 6.71 Å². The third-order valence-electron chi connectivity index (χ3n) is 4.63. The lowest BCUT2D eigenvalue weighted by molar-refractivity contribution is 1.21. The van der Waals surface area contributed by atoms with Crippen LogP contribution >= 0.6 is 0 Å². The summed E-state index contributed by atoms with van der Waals surface area (Å²) in [6, 6.07) is 31.8. The van der Waals surface area contributed by atoms with Crippen molar-refractivity contribution in [1.29, 1.82) is 0 Å². The van der Waals surface area contributed by atoms with Crippen molar-refractivity contribution in [3.8, 4) is 0 Å². The average Bonchev–Trinajstić information content (AvgIpc) is 2.74. The predicted molar refractivity (Wildman–Crippen MR) is 126 cm³/mol. The van der Waals surface area contributed by atoms with E-state index in [9.17, 15) is 0 Å². The van der Waals surface area contributed by atoms with Crippen LogP contribution in [0, 0.1) is 6.92 Å². The topological polar surface area (TPSA) is 0 Å². The maximum Gasteiger partial charge on any atom is 0.213 e. The number of hydrogen-bond acceptors (Lipinski definition) is 0. The van der Waals surface area contributed by atoms with Crippen molar-refractivity contribution in [3.63, 3.8) is 0 Å². The third-order valence-corrected chi connectivity index (χ3v) is 4.63. The molecule has 0 aromatic heterocycles. The van der Waals surface area contributed by atoms with E-state index in [1.54, 1.807) is 0 Å². The monoisotopic (exact) mass is 366 g/mol. The summed E-state index contributed by atoms with van der Waals surface area (Å²) in [4.78, 5) is 0. The Morgan fingerprint density at radius 3 is 1.79 bits per heavy atom. The number of rotatable bonds is 6. The van der Waals surface area contributed by atoms with E-state index >= 15 is 0 Å². The number of aryl methyl sites for hydroxylation is 1. The maximum atomic E-state index is 2.35. The fraction of sp³-hybridized carbons (Fsp3) is 0.185. The Labute approximate surface area is 171 Å². The van der Waals surface area contributed by atoms with Gasteiger partial charge in [0.05, 0.1) is 0 Å². The normalized spacial score (nSPS) is 11.0. The van der Waals surface area contributed by atoms with Crippen LogP contribution in [0.3, 0.4) is 0 Å². The first-order chi connectivity index (χ1) is 13.7. The fourth-order valence-corrected chi connectivity index (χ4v) is 3.25. The first kappa shape index (κ1) is 21.5. The zero-order valence-electron chi connectivity index (χ0n) is 17.4. The van der Waals surface area contributed by atoms with E-state index < -0.39 is 0 Å². The van der Waals surface area contributed by atoms with Gasteiger partial charge in [-0.15, -0.1) is 0 Å². The van der Waals surface area contributed by atoms with Crippen molar-refractivity contribution in [2.45, 2.75) is 33.5 Å². The molecular formula is C27H31B.